The number of nitrogens with zero attached hydrogens (tertiary/aromatic N) is 2. The SMILES string of the molecule is COc1cccc(C(=O)C2=CN(c3ccccc3)CN(c3ccccc3)C2)c1. The van der Waals surface area contributed by atoms with E-state index in [1.165, 1.54) is 0 Å². The van der Waals surface area contributed by atoms with Crippen molar-refractivity contribution in [1.82, 2.24) is 0 Å². The van der Waals surface area contributed by atoms with Crippen LogP contribution in [-0.4, -0.2) is 26.1 Å². The Morgan fingerprint density at radius 1 is 0.857 bits per heavy atom. The van der Waals surface area contributed by atoms with E-state index in [1.54, 1.807) is 13.2 Å². The fourth-order valence-electron chi connectivity index (χ4n) is 3.38. The molecular weight excluding hydrogens is 348 g/mol. The lowest BCUT2D eigenvalue weighted by atomic mass is 10.0. The van der Waals surface area contributed by atoms with Gasteiger partial charge in [0.25, 0.3) is 0 Å². The van der Waals surface area contributed by atoms with Gasteiger partial charge in [-0.25, -0.2) is 0 Å². The molecule has 3 aromatic carbocycles. The number of carbonyl (C=O) groups excluding carboxylic acids is 1. The third-order valence-electron chi connectivity index (χ3n) is 4.83. The van der Waals surface area contributed by atoms with E-state index in [0.717, 1.165) is 16.9 Å². The number of ether oxygens (including phenoxy) is 1. The molecule has 3 aromatic rings. The lowest BCUT2D eigenvalue weighted by Crippen LogP contribution is -2.42. The highest BCUT2D eigenvalue weighted by Crippen LogP contribution is 2.26. The van der Waals surface area contributed by atoms with Gasteiger partial charge in [0.15, 0.2) is 5.78 Å². The summed E-state index contributed by atoms with van der Waals surface area (Å²) in [6.45, 7) is 1.24. The van der Waals surface area contributed by atoms with Crippen LogP contribution < -0.4 is 14.5 Å². The van der Waals surface area contributed by atoms with E-state index < -0.39 is 0 Å². The third-order valence-corrected chi connectivity index (χ3v) is 4.83. The number of Topliss-reactive ketones (excluding diaryl/α,β-unsaturated/α-hetero) is 1. The minimum absolute atomic E-state index is 0.0143. The van der Waals surface area contributed by atoms with Crippen LogP contribution in [0.3, 0.4) is 0 Å². The van der Waals surface area contributed by atoms with Crippen molar-refractivity contribution in [2.24, 2.45) is 0 Å². The molecule has 140 valence electrons. The van der Waals surface area contributed by atoms with Crippen molar-refractivity contribution < 1.29 is 9.53 Å². The Labute approximate surface area is 165 Å². The number of ketones is 1. The molecule has 0 saturated carbocycles. The second-order valence-corrected chi connectivity index (χ2v) is 6.70. The summed E-state index contributed by atoms with van der Waals surface area (Å²) < 4.78 is 5.28. The van der Waals surface area contributed by atoms with Crippen LogP contribution in [0.4, 0.5) is 11.4 Å². The van der Waals surface area contributed by atoms with Gasteiger partial charge < -0.3 is 14.5 Å². The van der Waals surface area contributed by atoms with Crippen molar-refractivity contribution in [3.63, 3.8) is 0 Å². The van der Waals surface area contributed by atoms with Gasteiger partial charge in [-0.15, -0.1) is 0 Å². The number of methoxy groups -OCH3 is 1. The van der Waals surface area contributed by atoms with Gasteiger partial charge in [0, 0.05) is 28.7 Å². The van der Waals surface area contributed by atoms with Gasteiger partial charge in [-0.3, -0.25) is 4.79 Å². The van der Waals surface area contributed by atoms with E-state index in [0.29, 0.717) is 24.5 Å². The highest BCUT2D eigenvalue weighted by molar-refractivity contribution is 6.10. The number of para-hydroxylation sites is 2. The molecule has 4 rings (SSSR count). The summed E-state index contributed by atoms with van der Waals surface area (Å²) >= 11 is 0. The van der Waals surface area contributed by atoms with Crippen LogP contribution in [-0.2, 0) is 0 Å². The summed E-state index contributed by atoms with van der Waals surface area (Å²) in [5.74, 6) is 0.697. The Balaban J connectivity index is 1.70. The molecule has 0 bridgehead atoms. The molecule has 0 saturated heterocycles. The quantitative estimate of drug-likeness (QED) is 0.607. The minimum atomic E-state index is 0.0143. The van der Waals surface area contributed by atoms with Crippen LogP contribution in [0.5, 0.6) is 5.75 Å². The predicted molar refractivity (Wildman–Crippen MR) is 113 cm³/mol. The van der Waals surface area contributed by atoms with Crippen molar-refractivity contribution >= 4 is 17.2 Å². The van der Waals surface area contributed by atoms with Gasteiger partial charge in [-0.2, -0.15) is 0 Å². The Kier molecular flexibility index (Phi) is 5.11. The van der Waals surface area contributed by atoms with Crippen molar-refractivity contribution in [3.05, 3.63) is 102 Å². The molecule has 0 aromatic heterocycles. The monoisotopic (exact) mass is 370 g/mol. The molecule has 1 aliphatic rings. The Hall–Kier alpha value is -3.53. The molecule has 0 spiro atoms. The molecule has 0 aliphatic carbocycles. The average molecular weight is 370 g/mol. The number of benzene rings is 3. The van der Waals surface area contributed by atoms with Crippen LogP contribution in [0.2, 0.25) is 0 Å². The van der Waals surface area contributed by atoms with E-state index in [4.69, 9.17) is 4.74 Å². The standard InChI is InChI=1S/C24H22N2O2/c1-28-23-14-8-9-19(15-23)24(27)20-16-25(21-10-4-2-5-11-21)18-26(17-20)22-12-6-3-7-13-22/h2-16H,17-18H2,1H3. The predicted octanol–water partition coefficient (Wildman–Crippen LogP) is 4.75. The lowest BCUT2D eigenvalue weighted by molar-refractivity contribution is 0.103. The first kappa shape index (κ1) is 17.9. The smallest absolute Gasteiger partial charge is 0.192 e. The number of rotatable bonds is 5. The molecule has 0 amide bonds. The largest absolute Gasteiger partial charge is 0.497 e. The fourth-order valence-corrected chi connectivity index (χ4v) is 3.38. The van der Waals surface area contributed by atoms with E-state index in [-0.39, 0.29) is 5.78 Å². The second kappa shape index (κ2) is 8.01. The van der Waals surface area contributed by atoms with Crippen LogP contribution >= 0.6 is 0 Å². The molecule has 0 radical (unpaired) electrons. The molecule has 1 heterocycles. The first-order chi connectivity index (χ1) is 13.7. The van der Waals surface area contributed by atoms with Gasteiger partial charge in [-0.1, -0.05) is 48.5 Å². The normalized spacial score (nSPS) is 13.8. The lowest BCUT2D eigenvalue weighted by Gasteiger charge is -2.36. The van der Waals surface area contributed by atoms with Gasteiger partial charge in [-0.05, 0) is 36.4 Å². The van der Waals surface area contributed by atoms with Gasteiger partial charge >= 0.3 is 0 Å². The summed E-state index contributed by atoms with van der Waals surface area (Å²) in [4.78, 5) is 17.6. The molecule has 1 aliphatic heterocycles. The van der Waals surface area contributed by atoms with Gasteiger partial charge in [0.1, 0.15) is 5.75 Å². The fraction of sp³-hybridized carbons (Fsp3) is 0.125. The van der Waals surface area contributed by atoms with Crippen LogP contribution in [0.15, 0.2) is 96.7 Å². The summed E-state index contributed by atoms with van der Waals surface area (Å²) in [5.41, 5.74) is 3.52. The molecule has 0 atom stereocenters. The van der Waals surface area contributed by atoms with E-state index >= 15 is 0 Å². The minimum Gasteiger partial charge on any atom is -0.497 e. The molecule has 4 nitrogen and oxygen atoms in total. The number of carbonyl (C=O) groups is 1. The van der Waals surface area contributed by atoms with Crippen LogP contribution in [0.25, 0.3) is 0 Å². The van der Waals surface area contributed by atoms with E-state index in [9.17, 15) is 4.79 Å². The average Bonchev–Trinajstić information content (AvgIpc) is 2.79. The zero-order valence-electron chi connectivity index (χ0n) is 15.8. The summed E-state index contributed by atoms with van der Waals surface area (Å²) in [6, 6.07) is 27.6. The highest BCUT2D eigenvalue weighted by atomic mass is 16.5. The van der Waals surface area contributed by atoms with E-state index in [1.807, 2.05) is 60.8 Å². The van der Waals surface area contributed by atoms with Crippen LogP contribution in [0.1, 0.15) is 10.4 Å². The second-order valence-electron chi connectivity index (χ2n) is 6.70. The molecule has 28 heavy (non-hydrogen) atoms. The molecule has 0 fully saturated rings. The maximum atomic E-state index is 13.2. The number of hydrogen-bond acceptors (Lipinski definition) is 4. The topological polar surface area (TPSA) is 32.8 Å². The van der Waals surface area contributed by atoms with Gasteiger partial charge in [0.2, 0.25) is 0 Å². The first-order valence-electron chi connectivity index (χ1n) is 9.26. The van der Waals surface area contributed by atoms with Crippen molar-refractivity contribution in [1.29, 1.82) is 0 Å². The molecule has 4 heteroatoms. The Morgan fingerprint density at radius 3 is 2.21 bits per heavy atom. The number of anilines is 2. The summed E-state index contributed by atoms with van der Waals surface area (Å²) in [6.07, 6.45) is 1.97. The zero-order chi connectivity index (χ0) is 19.3. The number of hydrogen-bond donors (Lipinski definition) is 0. The maximum absolute atomic E-state index is 13.2. The van der Waals surface area contributed by atoms with Crippen LogP contribution in [0, 0.1) is 0 Å². The Morgan fingerprint density at radius 2 is 1.54 bits per heavy atom. The Bertz CT molecular complexity index is 984. The molecule has 0 unspecified atom stereocenters. The van der Waals surface area contributed by atoms with E-state index in [2.05, 4.69) is 34.1 Å². The third kappa shape index (κ3) is 3.76. The van der Waals surface area contributed by atoms with Crippen molar-refractivity contribution in [2.45, 2.75) is 0 Å². The first-order valence-corrected chi connectivity index (χ1v) is 9.26. The summed E-state index contributed by atoms with van der Waals surface area (Å²) in [7, 11) is 1.61. The molecular formula is C24H22N2O2. The zero-order valence-corrected chi connectivity index (χ0v) is 15.8. The van der Waals surface area contributed by atoms with Gasteiger partial charge in [0.05, 0.1) is 20.3 Å². The highest BCUT2D eigenvalue weighted by Gasteiger charge is 2.24. The van der Waals surface area contributed by atoms with Crippen molar-refractivity contribution in [2.75, 3.05) is 30.1 Å². The maximum Gasteiger partial charge on any atom is 0.192 e. The summed E-state index contributed by atoms with van der Waals surface area (Å²) in [5, 5.41) is 0. The molecule has 0 N–H and O–H groups in total. The van der Waals surface area contributed by atoms with Crippen molar-refractivity contribution in [3.8, 4) is 5.75 Å².